The van der Waals surface area contributed by atoms with Gasteiger partial charge in [0.1, 0.15) is 31.2 Å². The van der Waals surface area contributed by atoms with E-state index in [1.165, 1.54) is 39.8 Å². The SMILES string of the molecule is CC(=O)Nc1ccc(OC(=O)OCCOC2OC(COC(C)=O)[C@@H](C)C(OC(C)=O)[C@H]2OC(C)=O)cc1. The van der Waals surface area contributed by atoms with Gasteiger partial charge in [0.2, 0.25) is 5.91 Å². The lowest BCUT2D eigenvalue weighted by atomic mass is 9.90. The fourth-order valence-corrected chi connectivity index (χ4v) is 3.47. The maximum Gasteiger partial charge on any atom is 0.513 e. The lowest BCUT2D eigenvalue weighted by Crippen LogP contribution is -2.58. The summed E-state index contributed by atoms with van der Waals surface area (Å²) in [5.41, 5.74) is 0.532. The molecular weight excluding hydrogens is 494 g/mol. The average molecular weight is 526 g/mol. The molecule has 1 N–H and O–H groups in total. The number of benzene rings is 1. The van der Waals surface area contributed by atoms with Gasteiger partial charge in [-0.25, -0.2) is 4.79 Å². The van der Waals surface area contributed by atoms with Crippen LogP contribution in [-0.4, -0.2) is 74.4 Å². The molecule has 0 bridgehead atoms. The zero-order chi connectivity index (χ0) is 27.5. The number of amides is 1. The van der Waals surface area contributed by atoms with Gasteiger partial charge in [-0.3, -0.25) is 19.2 Å². The lowest BCUT2D eigenvalue weighted by Gasteiger charge is -2.43. The van der Waals surface area contributed by atoms with E-state index in [0.29, 0.717) is 5.69 Å². The second-order valence-electron chi connectivity index (χ2n) is 8.13. The van der Waals surface area contributed by atoms with E-state index in [1.807, 2.05) is 0 Å². The number of ether oxygens (including phenoxy) is 7. The van der Waals surface area contributed by atoms with Crippen LogP contribution in [-0.2, 0) is 47.6 Å². The van der Waals surface area contributed by atoms with E-state index in [-0.39, 0.29) is 31.5 Å². The summed E-state index contributed by atoms with van der Waals surface area (Å²) >= 11 is 0. The standard InChI is InChI=1S/C24H31NO12/c1-13-20(12-33-15(3)27)37-23(22(35-17(5)29)21(13)34-16(4)28)31-10-11-32-24(30)36-19-8-6-18(7-9-19)25-14(2)26/h6-9,13,20-23H,10-12H2,1-5H3,(H,25,26)/t13-,20?,21?,22-,23?/m1/s1. The van der Waals surface area contributed by atoms with Crippen LogP contribution in [0.25, 0.3) is 0 Å². The third kappa shape index (κ3) is 10.1. The number of anilines is 1. The summed E-state index contributed by atoms with van der Waals surface area (Å²) in [6, 6.07) is 6.05. The van der Waals surface area contributed by atoms with Crippen molar-refractivity contribution >= 4 is 35.7 Å². The van der Waals surface area contributed by atoms with E-state index >= 15 is 0 Å². The van der Waals surface area contributed by atoms with Crippen LogP contribution in [0.5, 0.6) is 5.75 Å². The van der Waals surface area contributed by atoms with E-state index in [1.54, 1.807) is 19.1 Å². The van der Waals surface area contributed by atoms with Crippen molar-refractivity contribution in [3.8, 4) is 5.75 Å². The molecule has 13 heteroatoms. The summed E-state index contributed by atoms with van der Waals surface area (Å²) in [6.45, 7) is 6.09. The Morgan fingerprint density at radius 3 is 2.03 bits per heavy atom. The van der Waals surface area contributed by atoms with Gasteiger partial charge in [-0.1, -0.05) is 6.92 Å². The maximum atomic E-state index is 12.0. The molecule has 0 aliphatic carbocycles. The Morgan fingerprint density at radius 1 is 0.838 bits per heavy atom. The molecule has 204 valence electrons. The van der Waals surface area contributed by atoms with Gasteiger partial charge in [-0.2, -0.15) is 0 Å². The van der Waals surface area contributed by atoms with E-state index in [9.17, 15) is 24.0 Å². The number of hydrogen-bond acceptors (Lipinski definition) is 12. The second-order valence-corrected chi connectivity index (χ2v) is 8.13. The number of esters is 3. The Labute approximate surface area is 213 Å². The highest BCUT2D eigenvalue weighted by Gasteiger charge is 2.48. The lowest BCUT2D eigenvalue weighted by molar-refractivity contribution is -0.295. The van der Waals surface area contributed by atoms with Crippen LogP contribution in [0, 0.1) is 5.92 Å². The minimum Gasteiger partial charge on any atom is -0.463 e. The molecule has 1 aliphatic heterocycles. The van der Waals surface area contributed by atoms with E-state index in [2.05, 4.69) is 5.32 Å². The van der Waals surface area contributed by atoms with E-state index < -0.39 is 54.6 Å². The third-order valence-electron chi connectivity index (χ3n) is 5.02. The van der Waals surface area contributed by atoms with Crippen LogP contribution in [0.4, 0.5) is 10.5 Å². The molecule has 1 amide bonds. The molecule has 37 heavy (non-hydrogen) atoms. The van der Waals surface area contributed by atoms with Crippen molar-refractivity contribution in [1.29, 1.82) is 0 Å². The summed E-state index contributed by atoms with van der Waals surface area (Å²) in [5.74, 6) is -2.37. The predicted molar refractivity (Wildman–Crippen MR) is 124 cm³/mol. The van der Waals surface area contributed by atoms with Gasteiger partial charge in [0.05, 0.1) is 6.61 Å². The summed E-state index contributed by atoms with van der Waals surface area (Å²) < 4.78 is 37.3. The molecule has 1 saturated heterocycles. The van der Waals surface area contributed by atoms with Crippen LogP contribution in [0.15, 0.2) is 24.3 Å². The van der Waals surface area contributed by atoms with Crippen molar-refractivity contribution < 1.29 is 57.1 Å². The first kappa shape index (κ1) is 29.5. The van der Waals surface area contributed by atoms with Gasteiger partial charge < -0.3 is 38.5 Å². The zero-order valence-corrected chi connectivity index (χ0v) is 21.2. The molecule has 13 nitrogen and oxygen atoms in total. The summed E-state index contributed by atoms with van der Waals surface area (Å²) in [5, 5.41) is 2.58. The largest absolute Gasteiger partial charge is 0.513 e. The number of carbonyl (C=O) groups is 5. The fourth-order valence-electron chi connectivity index (χ4n) is 3.47. The van der Waals surface area contributed by atoms with E-state index in [0.717, 1.165) is 0 Å². The highest BCUT2D eigenvalue weighted by molar-refractivity contribution is 5.88. The quantitative estimate of drug-likeness (QED) is 0.205. The van der Waals surface area contributed by atoms with Gasteiger partial charge >= 0.3 is 24.1 Å². The summed E-state index contributed by atoms with van der Waals surface area (Å²) in [7, 11) is 0. The topological polar surface area (TPSA) is 162 Å². The van der Waals surface area contributed by atoms with Crippen LogP contribution >= 0.6 is 0 Å². The van der Waals surface area contributed by atoms with Gasteiger partial charge in [0.25, 0.3) is 0 Å². The minimum atomic E-state index is -1.22. The molecular formula is C24H31NO12. The summed E-state index contributed by atoms with van der Waals surface area (Å²) in [4.78, 5) is 57.7. The number of carbonyl (C=O) groups excluding carboxylic acids is 5. The molecule has 1 fully saturated rings. The Morgan fingerprint density at radius 2 is 1.46 bits per heavy atom. The molecule has 0 spiro atoms. The highest BCUT2D eigenvalue weighted by Crippen LogP contribution is 2.31. The molecule has 3 unspecified atom stereocenters. The molecule has 0 saturated carbocycles. The first-order chi connectivity index (χ1) is 17.5. The normalized spacial score (nSPS) is 22.8. The molecule has 0 aromatic heterocycles. The van der Waals surface area contributed by atoms with Crippen molar-refractivity contribution in [2.45, 2.75) is 59.2 Å². The highest BCUT2D eigenvalue weighted by atomic mass is 16.7. The van der Waals surface area contributed by atoms with Gasteiger partial charge in [-0.05, 0) is 24.3 Å². The Hall–Kier alpha value is -3.71. The molecule has 1 aromatic carbocycles. The van der Waals surface area contributed by atoms with Crippen molar-refractivity contribution in [3.63, 3.8) is 0 Å². The number of nitrogens with one attached hydrogen (secondary N) is 1. The Balaban J connectivity index is 1.96. The molecule has 2 rings (SSSR count). The smallest absolute Gasteiger partial charge is 0.463 e. The zero-order valence-electron chi connectivity index (χ0n) is 21.2. The first-order valence-electron chi connectivity index (χ1n) is 11.4. The van der Waals surface area contributed by atoms with Crippen molar-refractivity contribution in [2.24, 2.45) is 5.92 Å². The number of hydrogen-bond donors (Lipinski definition) is 1. The summed E-state index contributed by atoms with van der Waals surface area (Å²) in [6.07, 6.45) is -5.04. The maximum absolute atomic E-state index is 12.0. The van der Waals surface area contributed by atoms with Crippen LogP contribution in [0.3, 0.4) is 0 Å². The third-order valence-corrected chi connectivity index (χ3v) is 5.02. The first-order valence-corrected chi connectivity index (χ1v) is 11.4. The molecule has 1 aliphatic rings. The van der Waals surface area contributed by atoms with Crippen molar-refractivity contribution in [2.75, 3.05) is 25.1 Å². The molecule has 0 radical (unpaired) electrons. The van der Waals surface area contributed by atoms with Crippen molar-refractivity contribution in [1.82, 2.24) is 0 Å². The van der Waals surface area contributed by atoms with Gasteiger partial charge in [0, 0.05) is 39.3 Å². The van der Waals surface area contributed by atoms with Crippen LogP contribution < -0.4 is 10.1 Å². The molecule has 5 atom stereocenters. The van der Waals surface area contributed by atoms with Crippen molar-refractivity contribution in [3.05, 3.63) is 24.3 Å². The molecule has 1 aromatic rings. The number of rotatable bonds is 10. The monoisotopic (exact) mass is 525 g/mol. The Bertz CT molecular complexity index is 963. The van der Waals surface area contributed by atoms with Gasteiger partial charge in [0.15, 0.2) is 12.4 Å². The Kier molecular flexibility index (Phi) is 11.3. The fraction of sp³-hybridized carbons (Fsp3) is 0.542. The van der Waals surface area contributed by atoms with Gasteiger partial charge in [-0.15, -0.1) is 0 Å². The van der Waals surface area contributed by atoms with Crippen LogP contribution in [0.2, 0.25) is 0 Å². The molecule has 1 heterocycles. The van der Waals surface area contributed by atoms with Crippen LogP contribution in [0.1, 0.15) is 34.6 Å². The van der Waals surface area contributed by atoms with E-state index in [4.69, 9.17) is 33.2 Å². The predicted octanol–water partition coefficient (Wildman–Crippen LogP) is 1.96. The average Bonchev–Trinajstić information content (AvgIpc) is 2.79. The minimum absolute atomic E-state index is 0.148. The second kappa shape index (κ2) is 14.1.